The third-order valence-electron chi connectivity index (χ3n) is 3.65. The molecule has 1 unspecified atom stereocenters. The second-order valence-corrected chi connectivity index (χ2v) is 5.53. The number of nitrogens with zero attached hydrogens (tertiary/aromatic N) is 1. The van der Waals surface area contributed by atoms with Gasteiger partial charge in [-0.05, 0) is 42.5 Å². The van der Waals surface area contributed by atoms with E-state index < -0.39 is 0 Å². The van der Waals surface area contributed by atoms with E-state index >= 15 is 0 Å². The fourth-order valence-corrected chi connectivity index (χ4v) is 2.61. The number of benzene rings is 1. The van der Waals surface area contributed by atoms with Gasteiger partial charge in [0.05, 0.1) is 0 Å². The average molecular weight is 246 g/mol. The number of amides is 1. The minimum absolute atomic E-state index is 0.112. The fraction of sp³-hybridized carbons (Fsp3) is 0.533. The molecule has 1 aromatic rings. The van der Waals surface area contributed by atoms with Crippen molar-refractivity contribution in [3.63, 3.8) is 0 Å². The van der Waals surface area contributed by atoms with Gasteiger partial charge in [-0.25, -0.2) is 0 Å². The van der Waals surface area contributed by atoms with Gasteiger partial charge in [-0.2, -0.15) is 0 Å². The van der Waals surface area contributed by atoms with Gasteiger partial charge < -0.3 is 10.6 Å². The van der Waals surface area contributed by atoms with Crippen LogP contribution in [0.2, 0.25) is 0 Å². The van der Waals surface area contributed by atoms with Crippen LogP contribution < -0.4 is 5.73 Å². The molecule has 3 nitrogen and oxygen atoms in total. The van der Waals surface area contributed by atoms with Gasteiger partial charge in [0.1, 0.15) is 0 Å². The summed E-state index contributed by atoms with van der Waals surface area (Å²) in [6.45, 7) is 7.88. The van der Waals surface area contributed by atoms with E-state index in [9.17, 15) is 4.79 Å². The Kier molecular flexibility index (Phi) is 3.71. The zero-order chi connectivity index (χ0) is 13.3. The fourth-order valence-electron chi connectivity index (χ4n) is 2.61. The molecule has 1 aliphatic heterocycles. The first-order valence-corrected chi connectivity index (χ1v) is 6.64. The average Bonchev–Trinajstić information content (AvgIpc) is 2.74. The summed E-state index contributed by atoms with van der Waals surface area (Å²) in [5, 5.41) is 0. The first kappa shape index (κ1) is 13.1. The van der Waals surface area contributed by atoms with Crippen LogP contribution >= 0.6 is 0 Å². The summed E-state index contributed by atoms with van der Waals surface area (Å²) in [5.41, 5.74) is 9.13. The van der Waals surface area contributed by atoms with Gasteiger partial charge >= 0.3 is 0 Å². The minimum atomic E-state index is 0.112. The molecule has 3 heteroatoms. The van der Waals surface area contributed by atoms with Crippen molar-refractivity contribution in [1.29, 1.82) is 0 Å². The summed E-state index contributed by atoms with van der Waals surface area (Å²) in [4.78, 5) is 14.2. The van der Waals surface area contributed by atoms with Crippen molar-refractivity contribution >= 4 is 5.91 Å². The molecule has 0 saturated carbocycles. The van der Waals surface area contributed by atoms with E-state index in [4.69, 9.17) is 5.73 Å². The highest BCUT2D eigenvalue weighted by Crippen LogP contribution is 2.21. The van der Waals surface area contributed by atoms with Crippen LogP contribution in [-0.2, 0) is 0 Å². The molecule has 1 saturated heterocycles. The molecule has 1 atom stereocenters. The molecule has 18 heavy (non-hydrogen) atoms. The van der Waals surface area contributed by atoms with Crippen molar-refractivity contribution in [1.82, 2.24) is 4.90 Å². The highest BCUT2D eigenvalue weighted by atomic mass is 16.2. The van der Waals surface area contributed by atoms with Crippen LogP contribution in [0.3, 0.4) is 0 Å². The summed E-state index contributed by atoms with van der Waals surface area (Å²) in [6.07, 6.45) is 0.912. The van der Waals surface area contributed by atoms with Crippen molar-refractivity contribution in [2.24, 2.45) is 5.73 Å². The lowest BCUT2D eigenvalue weighted by Crippen LogP contribution is -2.31. The van der Waals surface area contributed by atoms with Gasteiger partial charge in [-0.1, -0.05) is 19.9 Å². The summed E-state index contributed by atoms with van der Waals surface area (Å²) >= 11 is 0. The van der Waals surface area contributed by atoms with Crippen LogP contribution in [0.4, 0.5) is 0 Å². The molecular formula is C15H22N2O. The molecule has 0 bridgehead atoms. The van der Waals surface area contributed by atoms with Crippen LogP contribution in [0.15, 0.2) is 18.2 Å². The monoisotopic (exact) mass is 246 g/mol. The number of hydrogen-bond acceptors (Lipinski definition) is 2. The van der Waals surface area contributed by atoms with Gasteiger partial charge in [0, 0.05) is 24.7 Å². The Bertz CT molecular complexity index is 454. The molecule has 0 spiro atoms. The molecule has 2 rings (SSSR count). The highest BCUT2D eigenvalue weighted by molar-refractivity contribution is 5.94. The Labute approximate surface area is 109 Å². The number of nitrogens with two attached hydrogens (primary N) is 1. The Morgan fingerprint density at radius 2 is 2.17 bits per heavy atom. The van der Waals surface area contributed by atoms with Crippen molar-refractivity contribution in [2.75, 3.05) is 13.1 Å². The normalized spacial score (nSPS) is 19.6. The van der Waals surface area contributed by atoms with E-state index in [1.165, 1.54) is 11.1 Å². The molecule has 1 aliphatic rings. The van der Waals surface area contributed by atoms with Crippen molar-refractivity contribution in [2.45, 2.75) is 39.2 Å². The lowest BCUT2D eigenvalue weighted by molar-refractivity contribution is 0.0791. The zero-order valence-corrected chi connectivity index (χ0v) is 11.4. The van der Waals surface area contributed by atoms with Gasteiger partial charge in [-0.15, -0.1) is 0 Å². The quantitative estimate of drug-likeness (QED) is 0.870. The Hall–Kier alpha value is -1.35. The minimum Gasteiger partial charge on any atom is -0.337 e. The Morgan fingerprint density at radius 3 is 2.67 bits per heavy atom. The smallest absolute Gasteiger partial charge is 0.253 e. The maximum Gasteiger partial charge on any atom is 0.253 e. The van der Waals surface area contributed by atoms with E-state index in [2.05, 4.69) is 26.8 Å². The predicted molar refractivity (Wildman–Crippen MR) is 73.8 cm³/mol. The zero-order valence-electron chi connectivity index (χ0n) is 11.4. The first-order valence-electron chi connectivity index (χ1n) is 6.64. The van der Waals surface area contributed by atoms with Gasteiger partial charge in [-0.3, -0.25) is 4.79 Å². The Morgan fingerprint density at radius 1 is 1.44 bits per heavy atom. The number of carbonyl (C=O) groups is 1. The Balaban J connectivity index is 2.19. The maximum atomic E-state index is 12.3. The van der Waals surface area contributed by atoms with E-state index in [1.54, 1.807) is 0 Å². The number of likely N-dealkylation sites (tertiary alicyclic amines) is 1. The third kappa shape index (κ3) is 2.56. The molecule has 1 heterocycles. The molecule has 0 radical (unpaired) electrons. The summed E-state index contributed by atoms with van der Waals surface area (Å²) in [7, 11) is 0. The number of carbonyl (C=O) groups excluding carboxylic acids is 1. The summed E-state index contributed by atoms with van der Waals surface area (Å²) in [6, 6.07) is 6.16. The number of hydrogen-bond donors (Lipinski definition) is 1. The molecule has 98 valence electrons. The molecule has 1 amide bonds. The predicted octanol–water partition coefficient (Wildman–Crippen LogP) is 2.29. The number of aryl methyl sites for hydroxylation is 1. The van der Waals surface area contributed by atoms with E-state index in [0.29, 0.717) is 12.5 Å². The van der Waals surface area contributed by atoms with E-state index in [1.807, 2.05) is 17.0 Å². The second-order valence-electron chi connectivity index (χ2n) is 5.53. The molecule has 1 aromatic carbocycles. The van der Waals surface area contributed by atoms with Crippen molar-refractivity contribution in [3.8, 4) is 0 Å². The molecule has 0 aliphatic carbocycles. The molecular weight excluding hydrogens is 224 g/mol. The molecule has 1 fully saturated rings. The molecule has 0 aromatic heterocycles. The van der Waals surface area contributed by atoms with Crippen molar-refractivity contribution in [3.05, 3.63) is 34.9 Å². The van der Waals surface area contributed by atoms with Crippen LogP contribution in [0.25, 0.3) is 0 Å². The van der Waals surface area contributed by atoms with Crippen LogP contribution in [-0.4, -0.2) is 29.9 Å². The van der Waals surface area contributed by atoms with Gasteiger partial charge in [0.25, 0.3) is 5.91 Å². The van der Waals surface area contributed by atoms with Crippen LogP contribution in [0.5, 0.6) is 0 Å². The van der Waals surface area contributed by atoms with Crippen LogP contribution in [0.1, 0.15) is 47.7 Å². The van der Waals surface area contributed by atoms with E-state index in [0.717, 1.165) is 18.5 Å². The second kappa shape index (κ2) is 5.11. The largest absolute Gasteiger partial charge is 0.337 e. The highest BCUT2D eigenvalue weighted by Gasteiger charge is 2.24. The van der Waals surface area contributed by atoms with Gasteiger partial charge in [0.2, 0.25) is 0 Å². The van der Waals surface area contributed by atoms with Crippen molar-refractivity contribution < 1.29 is 4.79 Å². The van der Waals surface area contributed by atoms with Crippen LogP contribution in [0, 0.1) is 6.92 Å². The maximum absolute atomic E-state index is 12.3. The standard InChI is InChI=1S/C15H22N2O/c1-10(2)14-5-4-12(8-11(14)3)15(18)17-7-6-13(16)9-17/h4-5,8,10,13H,6-7,9,16H2,1-3H3. The number of rotatable bonds is 2. The SMILES string of the molecule is Cc1cc(C(=O)N2CCC(N)C2)ccc1C(C)C. The summed E-state index contributed by atoms with van der Waals surface area (Å²) < 4.78 is 0. The first-order chi connectivity index (χ1) is 8.49. The van der Waals surface area contributed by atoms with Gasteiger partial charge in [0.15, 0.2) is 0 Å². The molecule has 2 N–H and O–H groups in total. The third-order valence-corrected chi connectivity index (χ3v) is 3.65. The van der Waals surface area contributed by atoms with E-state index in [-0.39, 0.29) is 11.9 Å². The topological polar surface area (TPSA) is 46.3 Å². The lowest BCUT2D eigenvalue weighted by Gasteiger charge is -2.17. The summed E-state index contributed by atoms with van der Waals surface area (Å²) in [5.74, 6) is 0.607. The lowest BCUT2D eigenvalue weighted by atomic mass is 9.96.